The normalized spacial score (nSPS) is 15.0. The molecule has 4 nitrogen and oxygen atoms in total. The van der Waals surface area contributed by atoms with Crippen LogP contribution < -0.4 is 10.1 Å². The predicted octanol–water partition coefficient (Wildman–Crippen LogP) is 1.70. The minimum absolute atomic E-state index is 0. The van der Waals surface area contributed by atoms with Gasteiger partial charge >= 0.3 is 0 Å². The molecule has 1 heterocycles. The number of amides is 1. The number of benzene rings is 1. The zero-order valence-electron chi connectivity index (χ0n) is 11.3. The molecule has 110 valence electrons. The summed E-state index contributed by atoms with van der Waals surface area (Å²) in [5, 5.41) is 3.18. The van der Waals surface area contributed by atoms with E-state index in [1.54, 1.807) is 23.1 Å². The number of rotatable bonds is 3. The Morgan fingerprint density at radius 3 is 2.70 bits per heavy atom. The van der Waals surface area contributed by atoms with Crippen molar-refractivity contribution in [3.8, 4) is 5.75 Å². The number of methoxy groups -OCH3 is 1. The highest BCUT2D eigenvalue weighted by atomic mass is 35.5. The maximum absolute atomic E-state index is 13.5. The number of hydrogen-bond acceptors (Lipinski definition) is 3. The van der Waals surface area contributed by atoms with E-state index in [-0.39, 0.29) is 24.1 Å². The number of carbonyl (C=O) groups is 1. The summed E-state index contributed by atoms with van der Waals surface area (Å²) in [6.07, 6.45) is 3.10. The molecule has 0 aliphatic carbocycles. The van der Waals surface area contributed by atoms with Gasteiger partial charge < -0.3 is 15.0 Å². The van der Waals surface area contributed by atoms with Gasteiger partial charge in [0.25, 0.3) is 0 Å². The molecule has 0 bridgehead atoms. The van der Waals surface area contributed by atoms with Crippen LogP contribution >= 0.6 is 12.4 Å². The van der Waals surface area contributed by atoms with Gasteiger partial charge in [-0.05, 0) is 23.8 Å². The van der Waals surface area contributed by atoms with Crippen LogP contribution in [0.5, 0.6) is 5.75 Å². The Hall–Kier alpha value is -1.59. The number of hydrogen-bond donors (Lipinski definition) is 1. The monoisotopic (exact) mass is 300 g/mol. The van der Waals surface area contributed by atoms with Crippen molar-refractivity contribution < 1.29 is 13.9 Å². The lowest BCUT2D eigenvalue weighted by Gasteiger charge is -2.26. The van der Waals surface area contributed by atoms with Gasteiger partial charge in [0, 0.05) is 32.3 Å². The zero-order chi connectivity index (χ0) is 13.7. The topological polar surface area (TPSA) is 41.6 Å². The van der Waals surface area contributed by atoms with Crippen LogP contribution in [0, 0.1) is 5.82 Å². The second-order valence-corrected chi connectivity index (χ2v) is 4.30. The van der Waals surface area contributed by atoms with E-state index in [2.05, 4.69) is 5.32 Å². The van der Waals surface area contributed by atoms with Crippen molar-refractivity contribution in [3.63, 3.8) is 0 Å². The van der Waals surface area contributed by atoms with Gasteiger partial charge in [0.15, 0.2) is 11.6 Å². The molecule has 0 unspecified atom stereocenters. The molecule has 1 aromatic rings. The highest BCUT2D eigenvalue weighted by molar-refractivity contribution is 5.91. The summed E-state index contributed by atoms with van der Waals surface area (Å²) in [5.41, 5.74) is 0.641. The summed E-state index contributed by atoms with van der Waals surface area (Å²) in [6, 6.07) is 4.61. The smallest absolute Gasteiger partial charge is 0.246 e. The van der Waals surface area contributed by atoms with Gasteiger partial charge in [-0.25, -0.2) is 4.39 Å². The van der Waals surface area contributed by atoms with Gasteiger partial charge in [-0.3, -0.25) is 4.79 Å². The molecule has 1 aliphatic rings. The van der Waals surface area contributed by atoms with Crippen molar-refractivity contribution in [1.29, 1.82) is 0 Å². The summed E-state index contributed by atoms with van der Waals surface area (Å²) in [6.45, 7) is 3.05. The molecular formula is C14H18ClFN2O2. The quantitative estimate of drug-likeness (QED) is 0.864. The average molecular weight is 301 g/mol. The maximum atomic E-state index is 13.5. The van der Waals surface area contributed by atoms with Crippen molar-refractivity contribution in [1.82, 2.24) is 10.2 Å². The lowest BCUT2D eigenvalue weighted by Crippen LogP contribution is -2.45. The number of piperazine rings is 1. The Labute approximate surface area is 124 Å². The summed E-state index contributed by atoms with van der Waals surface area (Å²) in [4.78, 5) is 13.6. The molecule has 2 rings (SSSR count). The molecule has 0 aromatic heterocycles. The van der Waals surface area contributed by atoms with Gasteiger partial charge in [0.05, 0.1) is 7.11 Å². The first-order chi connectivity index (χ1) is 9.20. The highest BCUT2D eigenvalue weighted by Gasteiger charge is 2.13. The third kappa shape index (κ3) is 4.21. The SMILES string of the molecule is COc1ccc(/C=C/C(=O)N2CCNCC2)cc1F.Cl. The van der Waals surface area contributed by atoms with Crippen LogP contribution in [0.1, 0.15) is 5.56 Å². The van der Waals surface area contributed by atoms with Crippen LogP contribution in [0.25, 0.3) is 6.08 Å². The summed E-state index contributed by atoms with van der Waals surface area (Å²) >= 11 is 0. The first-order valence-corrected chi connectivity index (χ1v) is 6.22. The molecule has 0 saturated carbocycles. The van der Waals surface area contributed by atoms with E-state index in [9.17, 15) is 9.18 Å². The van der Waals surface area contributed by atoms with Crippen LogP contribution in [0.4, 0.5) is 4.39 Å². The molecule has 1 amide bonds. The standard InChI is InChI=1S/C14H17FN2O2.ClH/c1-19-13-4-2-11(10-12(13)15)3-5-14(18)17-8-6-16-7-9-17;/h2-5,10,16H,6-9H2,1H3;1H/b5-3+;. The average Bonchev–Trinajstić information content (AvgIpc) is 2.46. The van der Waals surface area contributed by atoms with E-state index < -0.39 is 5.82 Å². The van der Waals surface area contributed by atoms with Crippen molar-refractivity contribution in [2.75, 3.05) is 33.3 Å². The van der Waals surface area contributed by atoms with E-state index >= 15 is 0 Å². The van der Waals surface area contributed by atoms with Crippen molar-refractivity contribution in [2.24, 2.45) is 0 Å². The molecule has 1 aliphatic heterocycles. The summed E-state index contributed by atoms with van der Waals surface area (Å²) < 4.78 is 18.3. The highest BCUT2D eigenvalue weighted by Crippen LogP contribution is 2.18. The predicted molar refractivity (Wildman–Crippen MR) is 78.7 cm³/mol. The van der Waals surface area contributed by atoms with Gasteiger partial charge in [-0.15, -0.1) is 12.4 Å². The van der Waals surface area contributed by atoms with Crippen LogP contribution in [-0.2, 0) is 4.79 Å². The Balaban J connectivity index is 0.00000200. The molecule has 0 radical (unpaired) electrons. The molecule has 1 N–H and O–H groups in total. The number of carbonyl (C=O) groups excluding carboxylic acids is 1. The minimum atomic E-state index is -0.431. The van der Waals surface area contributed by atoms with E-state index in [1.165, 1.54) is 19.3 Å². The van der Waals surface area contributed by atoms with Crippen molar-refractivity contribution >= 4 is 24.4 Å². The lowest BCUT2D eigenvalue weighted by atomic mass is 10.2. The Morgan fingerprint density at radius 2 is 2.10 bits per heavy atom. The van der Waals surface area contributed by atoms with Crippen molar-refractivity contribution in [2.45, 2.75) is 0 Å². The fourth-order valence-electron chi connectivity index (χ4n) is 1.94. The van der Waals surface area contributed by atoms with E-state index in [4.69, 9.17) is 4.74 Å². The summed E-state index contributed by atoms with van der Waals surface area (Å²) in [7, 11) is 1.42. The fourth-order valence-corrected chi connectivity index (χ4v) is 1.94. The third-order valence-electron chi connectivity index (χ3n) is 3.02. The second-order valence-electron chi connectivity index (χ2n) is 4.30. The van der Waals surface area contributed by atoms with E-state index in [0.29, 0.717) is 18.7 Å². The molecule has 1 saturated heterocycles. The van der Waals surface area contributed by atoms with Gasteiger partial charge in [-0.2, -0.15) is 0 Å². The summed E-state index contributed by atoms with van der Waals surface area (Å²) in [5.74, 6) is -0.275. The first-order valence-electron chi connectivity index (χ1n) is 6.22. The lowest BCUT2D eigenvalue weighted by molar-refractivity contribution is -0.126. The number of nitrogens with zero attached hydrogens (tertiary/aromatic N) is 1. The van der Waals surface area contributed by atoms with Gasteiger partial charge in [-0.1, -0.05) is 6.07 Å². The molecule has 0 atom stereocenters. The van der Waals surface area contributed by atoms with Crippen LogP contribution in [0.15, 0.2) is 24.3 Å². The molecule has 6 heteroatoms. The third-order valence-corrected chi connectivity index (χ3v) is 3.02. The van der Waals surface area contributed by atoms with Crippen LogP contribution in [-0.4, -0.2) is 44.1 Å². The first kappa shape index (κ1) is 16.5. The molecule has 0 spiro atoms. The maximum Gasteiger partial charge on any atom is 0.246 e. The molecule has 1 fully saturated rings. The number of nitrogens with one attached hydrogen (secondary N) is 1. The van der Waals surface area contributed by atoms with Crippen LogP contribution in [0.3, 0.4) is 0 Å². The Kier molecular flexibility index (Phi) is 6.48. The van der Waals surface area contributed by atoms with Gasteiger partial charge in [0.1, 0.15) is 0 Å². The van der Waals surface area contributed by atoms with Crippen LogP contribution in [0.2, 0.25) is 0 Å². The van der Waals surface area contributed by atoms with Crippen molar-refractivity contribution in [3.05, 3.63) is 35.7 Å². The fraction of sp³-hybridized carbons (Fsp3) is 0.357. The van der Waals surface area contributed by atoms with E-state index in [1.807, 2.05) is 0 Å². The zero-order valence-corrected chi connectivity index (χ0v) is 12.1. The van der Waals surface area contributed by atoms with E-state index in [0.717, 1.165) is 13.1 Å². The molecular weight excluding hydrogens is 283 g/mol. The Bertz CT molecular complexity index is 488. The number of ether oxygens (including phenoxy) is 1. The number of halogens is 2. The minimum Gasteiger partial charge on any atom is -0.494 e. The molecule has 20 heavy (non-hydrogen) atoms. The Morgan fingerprint density at radius 1 is 1.40 bits per heavy atom. The second kappa shape index (κ2) is 7.87. The largest absolute Gasteiger partial charge is 0.494 e. The molecule has 1 aromatic carbocycles. The van der Waals surface area contributed by atoms with Gasteiger partial charge in [0.2, 0.25) is 5.91 Å².